The Balaban J connectivity index is 1.60. The van der Waals surface area contributed by atoms with Crippen molar-refractivity contribution in [2.75, 3.05) is 13.2 Å². The van der Waals surface area contributed by atoms with E-state index in [4.69, 9.17) is 23.4 Å². The first-order valence-corrected chi connectivity index (χ1v) is 13.2. The van der Waals surface area contributed by atoms with E-state index in [1.165, 1.54) is 6.07 Å². The standard InChI is InChI=1S/C27H30O17/c28-6-14-17(33)20(36)22(38)26(42-14)40-9-4-12(32)16-13(5-9)41-24(8-1-2-10(30)11(31)3-8)25(19(16)35)44-27-23(39)21(37)18(34)15(7-29)43-27/h1-5,14-15,17-18,20-23,26-34,36-39H,6-7H2/t14-,15-,17+,18+,20-,21-,22-,23-,26?,27?/m1/s1. The number of phenols is 3. The molecule has 0 amide bonds. The first-order valence-electron chi connectivity index (χ1n) is 13.2. The third-order valence-electron chi connectivity index (χ3n) is 7.33. The van der Waals surface area contributed by atoms with Gasteiger partial charge in [-0.2, -0.15) is 0 Å². The lowest BCUT2D eigenvalue weighted by atomic mass is 9.99. The number of hydrogen-bond acceptors (Lipinski definition) is 17. The Morgan fingerprint density at radius 1 is 0.659 bits per heavy atom. The van der Waals surface area contributed by atoms with Crippen molar-refractivity contribution in [1.82, 2.24) is 0 Å². The number of fused-ring (bicyclic) bond motifs is 1. The molecule has 2 fully saturated rings. The predicted molar refractivity (Wildman–Crippen MR) is 142 cm³/mol. The van der Waals surface area contributed by atoms with Gasteiger partial charge in [0.2, 0.25) is 23.8 Å². The molecule has 44 heavy (non-hydrogen) atoms. The van der Waals surface area contributed by atoms with Gasteiger partial charge in [-0.15, -0.1) is 0 Å². The van der Waals surface area contributed by atoms with Gasteiger partial charge in [0.25, 0.3) is 0 Å². The maximum atomic E-state index is 13.7. The van der Waals surface area contributed by atoms with Crippen LogP contribution in [0.5, 0.6) is 28.7 Å². The van der Waals surface area contributed by atoms with Crippen LogP contribution in [0.25, 0.3) is 22.3 Å². The van der Waals surface area contributed by atoms with Crippen LogP contribution in [0.2, 0.25) is 0 Å². The second kappa shape index (κ2) is 12.3. The average molecular weight is 627 g/mol. The molecule has 1 aromatic heterocycles. The molecule has 5 rings (SSSR count). The number of ether oxygens (including phenoxy) is 4. The van der Waals surface area contributed by atoms with Gasteiger partial charge in [0.15, 0.2) is 17.3 Å². The van der Waals surface area contributed by atoms with Gasteiger partial charge in [0, 0.05) is 17.7 Å². The number of benzene rings is 2. The Kier molecular flexibility index (Phi) is 8.87. The molecule has 3 aromatic rings. The van der Waals surface area contributed by atoms with Gasteiger partial charge in [-0.3, -0.25) is 4.79 Å². The molecule has 240 valence electrons. The van der Waals surface area contributed by atoms with E-state index in [1.807, 2.05) is 0 Å². The minimum absolute atomic E-state index is 0.0707. The van der Waals surface area contributed by atoms with Gasteiger partial charge in [0.1, 0.15) is 71.3 Å². The van der Waals surface area contributed by atoms with Gasteiger partial charge >= 0.3 is 0 Å². The van der Waals surface area contributed by atoms with Crippen LogP contribution in [0.15, 0.2) is 39.5 Å². The van der Waals surface area contributed by atoms with Crippen LogP contribution in [-0.4, -0.2) is 131 Å². The highest BCUT2D eigenvalue weighted by Crippen LogP contribution is 2.40. The van der Waals surface area contributed by atoms with Crippen molar-refractivity contribution in [3.05, 3.63) is 40.6 Å². The summed E-state index contributed by atoms with van der Waals surface area (Å²) in [4.78, 5) is 13.7. The highest BCUT2D eigenvalue weighted by atomic mass is 16.7. The third-order valence-corrected chi connectivity index (χ3v) is 7.33. The molecular weight excluding hydrogens is 596 g/mol. The van der Waals surface area contributed by atoms with Crippen LogP contribution in [0, 0.1) is 0 Å². The molecule has 2 aromatic carbocycles. The van der Waals surface area contributed by atoms with Crippen LogP contribution >= 0.6 is 0 Å². The largest absolute Gasteiger partial charge is 0.507 e. The summed E-state index contributed by atoms with van der Waals surface area (Å²) in [6.07, 6.45) is -17.0. The van der Waals surface area contributed by atoms with Crippen LogP contribution in [0.4, 0.5) is 0 Å². The first-order chi connectivity index (χ1) is 20.9. The zero-order valence-electron chi connectivity index (χ0n) is 22.4. The van der Waals surface area contributed by atoms with Crippen molar-refractivity contribution in [2.45, 2.75) is 61.4 Å². The quantitative estimate of drug-likeness (QED) is 0.116. The van der Waals surface area contributed by atoms with E-state index >= 15 is 0 Å². The van der Waals surface area contributed by atoms with E-state index in [0.717, 1.165) is 24.3 Å². The van der Waals surface area contributed by atoms with Crippen molar-refractivity contribution in [1.29, 1.82) is 0 Å². The summed E-state index contributed by atoms with van der Waals surface area (Å²) in [5, 5.41) is 110. The van der Waals surface area contributed by atoms with E-state index in [2.05, 4.69) is 0 Å². The van der Waals surface area contributed by atoms with Crippen molar-refractivity contribution in [2.24, 2.45) is 0 Å². The zero-order chi connectivity index (χ0) is 32.0. The fourth-order valence-electron chi connectivity index (χ4n) is 4.87. The Morgan fingerprint density at radius 2 is 1.23 bits per heavy atom. The first kappa shape index (κ1) is 31.7. The van der Waals surface area contributed by atoms with Gasteiger partial charge in [0.05, 0.1) is 13.2 Å². The Labute approximate surface area is 246 Å². The molecule has 0 saturated carbocycles. The molecule has 0 aliphatic carbocycles. The van der Waals surface area contributed by atoms with Crippen LogP contribution in [0.1, 0.15) is 0 Å². The van der Waals surface area contributed by atoms with Gasteiger partial charge < -0.3 is 79.5 Å². The SMILES string of the molecule is O=c1c(OC2O[C@H](CO)[C@H](O)[C@@H](O)[C@H]2O)c(-c2ccc(O)c(O)c2)oc2cc(OC3O[C@H](CO)[C@H](O)[C@@H](O)[C@H]3O)cc(O)c12. The van der Waals surface area contributed by atoms with Crippen molar-refractivity contribution in [3.8, 4) is 40.1 Å². The lowest BCUT2D eigenvalue weighted by Crippen LogP contribution is -2.60. The molecule has 2 saturated heterocycles. The van der Waals surface area contributed by atoms with E-state index in [1.54, 1.807) is 0 Å². The van der Waals surface area contributed by atoms with E-state index in [9.17, 15) is 61.0 Å². The summed E-state index contributed by atoms with van der Waals surface area (Å²) < 4.78 is 27.6. The Hall–Kier alpha value is -3.75. The second-order valence-electron chi connectivity index (χ2n) is 10.2. The summed E-state index contributed by atoms with van der Waals surface area (Å²) >= 11 is 0. The Morgan fingerprint density at radius 3 is 1.77 bits per heavy atom. The number of aromatic hydroxyl groups is 3. The van der Waals surface area contributed by atoms with Gasteiger partial charge in [-0.25, -0.2) is 0 Å². The summed E-state index contributed by atoms with van der Waals surface area (Å²) in [7, 11) is 0. The van der Waals surface area contributed by atoms with Gasteiger partial charge in [-0.05, 0) is 18.2 Å². The molecule has 3 heterocycles. The molecule has 17 nitrogen and oxygen atoms in total. The zero-order valence-corrected chi connectivity index (χ0v) is 22.4. The second-order valence-corrected chi connectivity index (χ2v) is 10.2. The third kappa shape index (κ3) is 5.61. The van der Waals surface area contributed by atoms with E-state index in [-0.39, 0.29) is 16.9 Å². The number of phenolic OH excluding ortho intramolecular Hbond substituents is 3. The molecule has 2 aliphatic heterocycles. The molecule has 2 unspecified atom stereocenters. The smallest absolute Gasteiger partial charge is 0.239 e. The maximum absolute atomic E-state index is 13.7. The normalized spacial score (nSPS) is 32.5. The van der Waals surface area contributed by atoms with Crippen molar-refractivity contribution in [3.63, 3.8) is 0 Å². The van der Waals surface area contributed by atoms with E-state index < -0.39 is 114 Å². The van der Waals surface area contributed by atoms with Crippen LogP contribution in [0.3, 0.4) is 0 Å². The summed E-state index contributed by atoms with van der Waals surface area (Å²) in [6.45, 7) is -1.53. The monoisotopic (exact) mass is 626 g/mol. The minimum atomic E-state index is -1.94. The number of aliphatic hydroxyl groups excluding tert-OH is 8. The fourth-order valence-corrected chi connectivity index (χ4v) is 4.87. The molecule has 11 N–H and O–H groups in total. The molecule has 0 spiro atoms. The number of rotatable bonds is 7. The Bertz CT molecular complexity index is 1550. The topological polar surface area (TPSA) is 290 Å². The molecule has 2 aliphatic rings. The van der Waals surface area contributed by atoms with E-state index in [0.29, 0.717) is 0 Å². The maximum Gasteiger partial charge on any atom is 0.239 e. The minimum Gasteiger partial charge on any atom is -0.507 e. The lowest BCUT2D eigenvalue weighted by molar-refractivity contribution is -0.277. The highest BCUT2D eigenvalue weighted by Gasteiger charge is 2.46. The molecular formula is C27H30O17. The van der Waals surface area contributed by atoms with Crippen LogP contribution < -0.4 is 14.9 Å². The highest BCUT2D eigenvalue weighted by molar-refractivity contribution is 5.88. The molecule has 0 radical (unpaired) electrons. The lowest BCUT2D eigenvalue weighted by Gasteiger charge is -2.39. The average Bonchev–Trinajstić information content (AvgIpc) is 2.99. The summed E-state index contributed by atoms with van der Waals surface area (Å²) in [6, 6.07) is 5.27. The number of aliphatic hydroxyl groups is 8. The van der Waals surface area contributed by atoms with Gasteiger partial charge in [-0.1, -0.05) is 0 Å². The van der Waals surface area contributed by atoms with Crippen molar-refractivity contribution < 1.29 is 79.5 Å². The van der Waals surface area contributed by atoms with Crippen molar-refractivity contribution >= 4 is 11.0 Å². The number of hydrogen-bond donors (Lipinski definition) is 11. The molecule has 10 atom stereocenters. The molecule has 17 heteroatoms. The summed E-state index contributed by atoms with van der Waals surface area (Å²) in [5.74, 6) is -3.35. The molecule has 0 bridgehead atoms. The van der Waals surface area contributed by atoms with Crippen LogP contribution in [-0.2, 0) is 9.47 Å². The predicted octanol–water partition coefficient (Wildman–Crippen LogP) is -3.07. The fraction of sp³-hybridized carbons (Fsp3) is 0.444. The summed E-state index contributed by atoms with van der Waals surface area (Å²) in [5.41, 5.74) is -1.50.